The topological polar surface area (TPSA) is 47.0 Å². The maximum atomic E-state index is 13.1. The first kappa shape index (κ1) is 19.5. The molecule has 0 fully saturated rings. The molecule has 1 unspecified atom stereocenters. The molecule has 0 bridgehead atoms. The third kappa shape index (κ3) is 3.68. The predicted octanol–water partition coefficient (Wildman–Crippen LogP) is 6.18. The number of thiazole rings is 1. The molecular formula is C25H23NO2S2. The lowest BCUT2D eigenvalue weighted by Crippen LogP contribution is -2.12. The number of sulfone groups is 1. The number of nitrogens with zero attached hydrogens (tertiary/aromatic N) is 1. The monoisotopic (exact) mass is 433 g/mol. The van der Waals surface area contributed by atoms with Crippen LogP contribution in [-0.4, -0.2) is 13.4 Å². The van der Waals surface area contributed by atoms with Gasteiger partial charge in [0.15, 0.2) is 0 Å². The smallest absolute Gasteiger partial charge is 0.206 e. The first-order valence-corrected chi connectivity index (χ1v) is 12.7. The van der Waals surface area contributed by atoms with Gasteiger partial charge in [-0.15, -0.1) is 11.3 Å². The van der Waals surface area contributed by atoms with Gasteiger partial charge in [-0.05, 0) is 85.5 Å². The molecule has 0 spiro atoms. The van der Waals surface area contributed by atoms with Crippen molar-refractivity contribution in [3.8, 4) is 0 Å². The summed E-state index contributed by atoms with van der Waals surface area (Å²) >= 11 is 1.76. The number of hydrogen-bond donors (Lipinski definition) is 0. The highest BCUT2D eigenvalue weighted by atomic mass is 32.2. The van der Waals surface area contributed by atoms with Gasteiger partial charge < -0.3 is 0 Å². The van der Waals surface area contributed by atoms with Crippen LogP contribution in [0.15, 0.2) is 82.6 Å². The van der Waals surface area contributed by atoms with E-state index in [4.69, 9.17) is 4.98 Å². The van der Waals surface area contributed by atoms with Crippen molar-refractivity contribution < 1.29 is 8.42 Å². The number of aromatic nitrogens is 1. The summed E-state index contributed by atoms with van der Waals surface area (Å²) in [7, 11) is -3.49. The standard InChI is InChI=1S/C25H23NO2S2/c27-30(28,20-9-2-1-3-10-20)21-15-13-18-7-6-8-19(22(18)17-21)14-16-25-26-23-11-4-5-12-24(23)29-25/h1-5,9-13,15,17,19H,6-8,14,16H2. The molecule has 3 aromatic carbocycles. The minimum Gasteiger partial charge on any atom is -0.241 e. The second kappa shape index (κ2) is 7.97. The number of benzene rings is 3. The van der Waals surface area contributed by atoms with Crippen LogP contribution in [0.2, 0.25) is 0 Å². The molecule has 1 aliphatic carbocycles. The van der Waals surface area contributed by atoms with E-state index in [2.05, 4.69) is 18.2 Å². The van der Waals surface area contributed by atoms with Gasteiger partial charge in [0, 0.05) is 0 Å². The van der Waals surface area contributed by atoms with Crippen LogP contribution in [-0.2, 0) is 22.7 Å². The van der Waals surface area contributed by atoms with Crippen LogP contribution in [0.4, 0.5) is 0 Å². The third-order valence-corrected chi connectivity index (χ3v) is 8.83. The van der Waals surface area contributed by atoms with Crippen molar-refractivity contribution in [3.05, 3.63) is 88.9 Å². The molecule has 5 heteroatoms. The van der Waals surface area contributed by atoms with Crippen molar-refractivity contribution in [1.29, 1.82) is 0 Å². The zero-order valence-electron chi connectivity index (χ0n) is 16.6. The van der Waals surface area contributed by atoms with E-state index in [-0.39, 0.29) is 0 Å². The molecule has 0 saturated carbocycles. The van der Waals surface area contributed by atoms with Gasteiger partial charge in [0.1, 0.15) is 0 Å². The highest BCUT2D eigenvalue weighted by Crippen LogP contribution is 2.37. The van der Waals surface area contributed by atoms with Crippen LogP contribution >= 0.6 is 11.3 Å². The lowest BCUT2D eigenvalue weighted by Gasteiger charge is -2.26. The first-order chi connectivity index (χ1) is 14.6. The fraction of sp³-hybridized carbons (Fsp3) is 0.240. The summed E-state index contributed by atoms with van der Waals surface area (Å²) in [5.74, 6) is 0.381. The quantitative estimate of drug-likeness (QED) is 0.377. The number of aryl methyl sites for hydroxylation is 2. The van der Waals surface area contributed by atoms with Crippen LogP contribution in [0.25, 0.3) is 10.2 Å². The molecular weight excluding hydrogens is 410 g/mol. The molecule has 0 amide bonds. The maximum absolute atomic E-state index is 13.1. The van der Waals surface area contributed by atoms with E-state index < -0.39 is 9.84 Å². The maximum Gasteiger partial charge on any atom is 0.206 e. The zero-order valence-corrected chi connectivity index (χ0v) is 18.3. The second-order valence-electron chi connectivity index (χ2n) is 7.88. The van der Waals surface area contributed by atoms with Gasteiger partial charge in [-0.2, -0.15) is 0 Å². The van der Waals surface area contributed by atoms with Crippen molar-refractivity contribution in [2.24, 2.45) is 0 Å². The average molecular weight is 434 g/mol. The van der Waals surface area contributed by atoms with E-state index in [1.54, 1.807) is 41.7 Å². The average Bonchev–Trinajstić information content (AvgIpc) is 3.21. The number of hydrogen-bond acceptors (Lipinski definition) is 4. The lowest BCUT2D eigenvalue weighted by molar-refractivity contribution is 0.518. The van der Waals surface area contributed by atoms with Gasteiger partial charge in [0.25, 0.3) is 0 Å². The van der Waals surface area contributed by atoms with E-state index in [1.165, 1.54) is 15.8 Å². The van der Waals surface area contributed by atoms with Gasteiger partial charge in [0.2, 0.25) is 9.84 Å². The molecule has 0 radical (unpaired) electrons. The Morgan fingerprint density at radius 3 is 2.57 bits per heavy atom. The molecule has 30 heavy (non-hydrogen) atoms. The van der Waals surface area contributed by atoms with Crippen molar-refractivity contribution in [1.82, 2.24) is 4.98 Å². The number of rotatable bonds is 5. The van der Waals surface area contributed by atoms with E-state index >= 15 is 0 Å². The molecule has 152 valence electrons. The Kier molecular flexibility index (Phi) is 5.17. The fourth-order valence-electron chi connectivity index (χ4n) is 4.40. The molecule has 0 aliphatic heterocycles. The fourth-order valence-corrected chi connectivity index (χ4v) is 6.70. The van der Waals surface area contributed by atoms with Crippen LogP contribution in [0.1, 0.15) is 41.3 Å². The molecule has 5 rings (SSSR count). The minimum atomic E-state index is -3.49. The second-order valence-corrected chi connectivity index (χ2v) is 10.9. The van der Waals surface area contributed by atoms with Crippen LogP contribution in [0.3, 0.4) is 0 Å². The highest BCUT2D eigenvalue weighted by Gasteiger charge is 2.24. The Labute approximate surface area is 181 Å². The molecule has 0 N–H and O–H groups in total. The zero-order chi connectivity index (χ0) is 20.6. The SMILES string of the molecule is O=S(=O)(c1ccccc1)c1ccc2c(c1)C(CCc1nc3ccccc3s1)CCC2. The van der Waals surface area contributed by atoms with Crippen molar-refractivity contribution in [3.63, 3.8) is 0 Å². The molecule has 1 atom stereocenters. The highest BCUT2D eigenvalue weighted by molar-refractivity contribution is 7.91. The molecule has 3 nitrogen and oxygen atoms in total. The number of para-hydroxylation sites is 1. The van der Waals surface area contributed by atoms with E-state index in [0.717, 1.165) is 42.6 Å². The van der Waals surface area contributed by atoms with Gasteiger partial charge in [-0.3, -0.25) is 0 Å². The van der Waals surface area contributed by atoms with Gasteiger partial charge in [0.05, 0.1) is 25.0 Å². The van der Waals surface area contributed by atoms with E-state index in [1.807, 2.05) is 24.3 Å². The summed E-state index contributed by atoms with van der Waals surface area (Å²) in [6.07, 6.45) is 5.22. The van der Waals surface area contributed by atoms with E-state index in [9.17, 15) is 8.42 Å². The van der Waals surface area contributed by atoms with Crippen LogP contribution < -0.4 is 0 Å². The van der Waals surface area contributed by atoms with E-state index in [0.29, 0.717) is 15.7 Å². The Morgan fingerprint density at radius 1 is 0.933 bits per heavy atom. The van der Waals surface area contributed by atoms with Crippen molar-refractivity contribution >= 4 is 31.4 Å². The largest absolute Gasteiger partial charge is 0.241 e. The Bertz CT molecular complexity index is 1260. The Balaban J connectivity index is 1.42. The van der Waals surface area contributed by atoms with Crippen molar-refractivity contribution in [2.75, 3.05) is 0 Å². The van der Waals surface area contributed by atoms with Crippen LogP contribution in [0.5, 0.6) is 0 Å². The van der Waals surface area contributed by atoms with Gasteiger partial charge in [-0.25, -0.2) is 13.4 Å². The lowest BCUT2D eigenvalue weighted by atomic mass is 9.80. The summed E-state index contributed by atoms with van der Waals surface area (Å²) < 4.78 is 27.4. The van der Waals surface area contributed by atoms with Gasteiger partial charge in [-0.1, -0.05) is 36.4 Å². The van der Waals surface area contributed by atoms with Crippen LogP contribution in [0, 0.1) is 0 Å². The molecule has 0 saturated heterocycles. The molecule has 1 aliphatic rings. The predicted molar refractivity (Wildman–Crippen MR) is 122 cm³/mol. The summed E-state index contributed by atoms with van der Waals surface area (Å²) in [5, 5.41) is 1.16. The molecule has 4 aromatic rings. The Morgan fingerprint density at radius 2 is 1.73 bits per heavy atom. The minimum absolute atomic E-state index is 0.354. The summed E-state index contributed by atoms with van der Waals surface area (Å²) in [4.78, 5) is 5.53. The third-order valence-electron chi connectivity index (χ3n) is 5.96. The normalized spacial score (nSPS) is 16.5. The summed E-state index contributed by atoms with van der Waals surface area (Å²) in [6.45, 7) is 0. The molecule has 1 heterocycles. The molecule has 1 aromatic heterocycles. The number of fused-ring (bicyclic) bond motifs is 2. The summed E-state index contributed by atoms with van der Waals surface area (Å²) in [5.41, 5.74) is 3.57. The van der Waals surface area contributed by atoms with Crippen molar-refractivity contribution in [2.45, 2.75) is 47.8 Å². The Hall–Kier alpha value is -2.50. The van der Waals surface area contributed by atoms with Gasteiger partial charge >= 0.3 is 0 Å². The summed E-state index contributed by atoms with van der Waals surface area (Å²) in [6, 6.07) is 22.7. The first-order valence-electron chi connectivity index (χ1n) is 10.4.